The molecule has 0 saturated heterocycles. The van der Waals surface area contributed by atoms with E-state index < -0.39 is 5.97 Å². The molecule has 0 bridgehead atoms. The summed E-state index contributed by atoms with van der Waals surface area (Å²) in [5.74, 6) is -0.455. The highest BCUT2D eigenvalue weighted by Crippen LogP contribution is 2.31. The topological polar surface area (TPSA) is 52.3 Å². The molecule has 0 spiro atoms. The van der Waals surface area contributed by atoms with Crippen LogP contribution in [0.15, 0.2) is 12.1 Å². The first-order valence-electron chi connectivity index (χ1n) is 5.03. The van der Waals surface area contributed by atoms with Gasteiger partial charge in [-0.3, -0.25) is 0 Å². The lowest BCUT2D eigenvalue weighted by molar-refractivity contribution is 0.00903. The summed E-state index contributed by atoms with van der Waals surface area (Å²) >= 11 is 11.7. The minimum Gasteiger partial charge on any atom is -0.459 e. The molecule has 0 aromatic heterocycles. The Bertz CT molecular complexity index is 430. The second kappa shape index (κ2) is 4.52. The summed E-state index contributed by atoms with van der Waals surface area (Å²) < 4.78 is 5.23. The third kappa shape index (κ3) is 2.25. The molecule has 1 aliphatic carbocycles. The van der Waals surface area contributed by atoms with Crippen molar-refractivity contribution in [1.29, 1.82) is 0 Å². The predicted octanol–water partition coefficient (Wildman–Crippen LogP) is 3.28. The van der Waals surface area contributed by atoms with Gasteiger partial charge in [0.05, 0.1) is 15.6 Å². The first kappa shape index (κ1) is 11.6. The number of carbonyl (C=O) groups is 1. The van der Waals surface area contributed by atoms with Crippen LogP contribution in [0.3, 0.4) is 0 Å². The molecule has 1 aromatic rings. The molecule has 2 rings (SSSR count). The van der Waals surface area contributed by atoms with Crippen LogP contribution in [0.1, 0.15) is 29.6 Å². The van der Waals surface area contributed by atoms with Gasteiger partial charge in [0.25, 0.3) is 0 Å². The van der Waals surface area contributed by atoms with E-state index in [2.05, 4.69) is 0 Å². The Morgan fingerprint density at radius 3 is 2.62 bits per heavy atom. The number of carbonyl (C=O) groups excluding carboxylic acids is 1. The van der Waals surface area contributed by atoms with Crippen molar-refractivity contribution >= 4 is 34.9 Å². The molecule has 16 heavy (non-hydrogen) atoms. The van der Waals surface area contributed by atoms with Gasteiger partial charge < -0.3 is 10.5 Å². The van der Waals surface area contributed by atoms with Crippen LogP contribution in [0.4, 0.5) is 5.69 Å². The number of halogens is 2. The molecule has 0 unspecified atom stereocenters. The van der Waals surface area contributed by atoms with E-state index in [0.717, 1.165) is 19.3 Å². The largest absolute Gasteiger partial charge is 0.459 e. The summed E-state index contributed by atoms with van der Waals surface area (Å²) in [6.07, 6.45) is 2.95. The maximum atomic E-state index is 11.8. The Morgan fingerprint density at radius 1 is 1.38 bits per heavy atom. The monoisotopic (exact) mass is 259 g/mol. The summed E-state index contributed by atoms with van der Waals surface area (Å²) in [5.41, 5.74) is 6.23. The van der Waals surface area contributed by atoms with Crippen molar-refractivity contribution in [2.75, 3.05) is 5.73 Å². The lowest BCUT2D eigenvalue weighted by atomic mass is 9.96. The molecule has 5 heteroatoms. The van der Waals surface area contributed by atoms with E-state index in [9.17, 15) is 4.79 Å². The number of anilines is 1. The highest BCUT2D eigenvalue weighted by atomic mass is 35.5. The van der Waals surface area contributed by atoms with Gasteiger partial charge in [-0.25, -0.2) is 4.79 Å². The summed E-state index contributed by atoms with van der Waals surface area (Å²) in [7, 11) is 0. The van der Waals surface area contributed by atoms with E-state index in [1.54, 1.807) is 0 Å². The normalized spacial score (nSPS) is 15.6. The van der Waals surface area contributed by atoms with Crippen molar-refractivity contribution in [3.63, 3.8) is 0 Å². The molecule has 86 valence electrons. The van der Waals surface area contributed by atoms with E-state index >= 15 is 0 Å². The fraction of sp³-hybridized carbons (Fsp3) is 0.364. The Hall–Kier alpha value is -0.930. The van der Waals surface area contributed by atoms with Crippen molar-refractivity contribution in [2.45, 2.75) is 25.4 Å². The molecule has 1 saturated carbocycles. The van der Waals surface area contributed by atoms with Crippen LogP contribution in [0.2, 0.25) is 10.0 Å². The number of esters is 1. The van der Waals surface area contributed by atoms with Gasteiger partial charge in [0.1, 0.15) is 6.10 Å². The molecule has 0 radical (unpaired) electrons. The van der Waals surface area contributed by atoms with Crippen LogP contribution in [0, 0.1) is 0 Å². The molecule has 1 fully saturated rings. The molecule has 0 atom stereocenters. The number of nitrogen functional groups attached to an aromatic ring is 1. The Labute approximate surface area is 103 Å². The van der Waals surface area contributed by atoms with Crippen molar-refractivity contribution in [3.05, 3.63) is 27.7 Å². The number of benzene rings is 1. The van der Waals surface area contributed by atoms with Crippen LogP contribution >= 0.6 is 23.2 Å². The van der Waals surface area contributed by atoms with Crippen LogP contribution in [0.5, 0.6) is 0 Å². The maximum Gasteiger partial charge on any atom is 0.340 e. The number of rotatable bonds is 2. The molecule has 0 aliphatic heterocycles. The van der Waals surface area contributed by atoms with Gasteiger partial charge in [0, 0.05) is 5.69 Å². The van der Waals surface area contributed by atoms with E-state index in [1.165, 1.54) is 12.1 Å². The first-order valence-corrected chi connectivity index (χ1v) is 5.79. The zero-order valence-corrected chi connectivity index (χ0v) is 10.0. The third-order valence-corrected chi connectivity index (χ3v) is 3.40. The fourth-order valence-corrected chi connectivity index (χ4v) is 1.88. The van der Waals surface area contributed by atoms with Crippen LogP contribution in [0.25, 0.3) is 0 Å². The minimum atomic E-state index is -0.455. The highest BCUT2D eigenvalue weighted by Gasteiger charge is 2.24. The number of nitrogens with two attached hydrogens (primary N) is 1. The molecular weight excluding hydrogens is 249 g/mol. The zero-order valence-electron chi connectivity index (χ0n) is 8.50. The van der Waals surface area contributed by atoms with E-state index in [-0.39, 0.29) is 21.7 Å². The number of hydrogen-bond acceptors (Lipinski definition) is 3. The standard InChI is InChI=1S/C11H11Cl2NO2/c12-9-5-6(14)4-8(10(9)13)11(15)16-7-2-1-3-7/h4-5,7H,1-3,14H2. The van der Waals surface area contributed by atoms with E-state index in [1.807, 2.05) is 0 Å². The van der Waals surface area contributed by atoms with Crippen molar-refractivity contribution in [3.8, 4) is 0 Å². The van der Waals surface area contributed by atoms with Gasteiger partial charge in [-0.15, -0.1) is 0 Å². The van der Waals surface area contributed by atoms with Crippen LogP contribution < -0.4 is 5.73 Å². The Kier molecular flexibility index (Phi) is 3.26. The van der Waals surface area contributed by atoms with Gasteiger partial charge in [-0.2, -0.15) is 0 Å². The highest BCUT2D eigenvalue weighted by molar-refractivity contribution is 6.44. The molecule has 1 aliphatic rings. The van der Waals surface area contributed by atoms with Crippen LogP contribution in [-0.2, 0) is 4.74 Å². The molecule has 0 heterocycles. The van der Waals surface area contributed by atoms with Crippen LogP contribution in [-0.4, -0.2) is 12.1 Å². The third-order valence-electron chi connectivity index (χ3n) is 2.60. The summed E-state index contributed by atoms with van der Waals surface area (Å²) in [4.78, 5) is 11.8. The average Bonchev–Trinajstić information content (AvgIpc) is 2.17. The maximum absolute atomic E-state index is 11.8. The first-order chi connectivity index (χ1) is 7.58. The summed E-state index contributed by atoms with van der Waals surface area (Å²) in [6.45, 7) is 0. The lowest BCUT2D eigenvalue weighted by Crippen LogP contribution is -2.25. The second-order valence-corrected chi connectivity index (χ2v) is 4.61. The van der Waals surface area contributed by atoms with Gasteiger partial charge in [-0.05, 0) is 31.4 Å². The quantitative estimate of drug-likeness (QED) is 0.655. The smallest absolute Gasteiger partial charge is 0.340 e. The predicted molar refractivity (Wildman–Crippen MR) is 63.9 cm³/mol. The van der Waals surface area contributed by atoms with Crippen molar-refractivity contribution < 1.29 is 9.53 Å². The SMILES string of the molecule is Nc1cc(Cl)c(Cl)c(C(=O)OC2CCC2)c1. The minimum absolute atomic E-state index is 0.0174. The zero-order chi connectivity index (χ0) is 11.7. The van der Waals surface area contributed by atoms with Gasteiger partial charge in [-0.1, -0.05) is 23.2 Å². The molecule has 3 nitrogen and oxygen atoms in total. The Morgan fingerprint density at radius 2 is 2.06 bits per heavy atom. The summed E-state index contributed by atoms with van der Waals surface area (Å²) in [6, 6.07) is 2.99. The average molecular weight is 260 g/mol. The lowest BCUT2D eigenvalue weighted by Gasteiger charge is -2.25. The van der Waals surface area contributed by atoms with Crippen molar-refractivity contribution in [2.24, 2.45) is 0 Å². The molecule has 0 amide bonds. The Balaban J connectivity index is 2.21. The van der Waals surface area contributed by atoms with E-state index in [4.69, 9.17) is 33.7 Å². The summed E-state index contributed by atoms with van der Waals surface area (Å²) in [5, 5.41) is 0.461. The van der Waals surface area contributed by atoms with Crippen molar-refractivity contribution in [1.82, 2.24) is 0 Å². The number of ether oxygens (including phenoxy) is 1. The fourth-order valence-electron chi connectivity index (χ4n) is 1.46. The van der Waals surface area contributed by atoms with Gasteiger partial charge in [0.2, 0.25) is 0 Å². The van der Waals surface area contributed by atoms with Gasteiger partial charge >= 0.3 is 5.97 Å². The molecular formula is C11H11Cl2NO2. The molecule has 1 aromatic carbocycles. The number of hydrogen-bond donors (Lipinski definition) is 1. The second-order valence-electron chi connectivity index (χ2n) is 3.82. The van der Waals surface area contributed by atoms with E-state index in [0.29, 0.717) is 5.69 Å². The molecule has 2 N–H and O–H groups in total. The van der Waals surface area contributed by atoms with Gasteiger partial charge in [0.15, 0.2) is 0 Å².